The average Bonchev–Trinajstić information content (AvgIpc) is 2.98. The Labute approximate surface area is 125 Å². The molecule has 0 unspecified atom stereocenters. The summed E-state index contributed by atoms with van der Waals surface area (Å²) >= 11 is 0. The van der Waals surface area contributed by atoms with E-state index in [9.17, 15) is 10.2 Å². The lowest BCUT2D eigenvalue weighted by molar-refractivity contribution is 0.343. The molecule has 0 radical (unpaired) electrons. The lowest BCUT2D eigenvalue weighted by Crippen LogP contribution is -2.22. The predicted molar refractivity (Wildman–Crippen MR) is 84.6 cm³/mol. The second kappa shape index (κ2) is 6.19. The molecular weight excluding hydrogens is 262 g/mol. The molecule has 0 saturated carbocycles. The van der Waals surface area contributed by atoms with Gasteiger partial charge >= 0.3 is 0 Å². The minimum atomic E-state index is 0.270. The molecular formula is C18H21NO2. The summed E-state index contributed by atoms with van der Waals surface area (Å²) in [5.41, 5.74) is 3.21. The molecule has 1 fully saturated rings. The maximum Gasteiger partial charge on any atom is 0.116 e. The van der Waals surface area contributed by atoms with Crippen molar-refractivity contribution in [3.63, 3.8) is 0 Å². The minimum Gasteiger partial charge on any atom is -0.508 e. The summed E-state index contributed by atoms with van der Waals surface area (Å²) in [6, 6.07) is 12.8. The summed E-state index contributed by atoms with van der Waals surface area (Å²) in [6.45, 7) is 3.38. The van der Waals surface area contributed by atoms with E-state index in [2.05, 4.69) is 4.90 Å². The van der Waals surface area contributed by atoms with E-state index in [1.807, 2.05) is 24.3 Å². The van der Waals surface area contributed by atoms with Gasteiger partial charge in [0.05, 0.1) is 0 Å². The lowest BCUT2D eigenvalue weighted by Gasteiger charge is -2.16. The number of likely N-dealkylation sites (tertiary alicyclic amines) is 1. The van der Waals surface area contributed by atoms with Crippen LogP contribution in [0.5, 0.6) is 11.5 Å². The number of phenolic OH excluding ortho intramolecular Hbond substituents is 2. The van der Waals surface area contributed by atoms with Gasteiger partial charge in [-0.15, -0.1) is 0 Å². The third kappa shape index (κ3) is 3.37. The molecule has 2 aromatic carbocycles. The van der Waals surface area contributed by atoms with Crippen molar-refractivity contribution in [3.05, 3.63) is 48.0 Å². The Hall–Kier alpha value is -2.00. The van der Waals surface area contributed by atoms with E-state index >= 15 is 0 Å². The van der Waals surface area contributed by atoms with Crippen LogP contribution >= 0.6 is 0 Å². The molecule has 3 heteroatoms. The molecule has 3 rings (SSSR count). The maximum absolute atomic E-state index is 9.77. The molecule has 0 bridgehead atoms. The number of hydrogen-bond donors (Lipinski definition) is 2. The number of benzene rings is 2. The van der Waals surface area contributed by atoms with E-state index < -0.39 is 0 Å². The third-order valence-electron chi connectivity index (χ3n) is 4.14. The number of nitrogens with zero attached hydrogens (tertiary/aromatic N) is 1. The zero-order valence-corrected chi connectivity index (χ0v) is 12.1. The fourth-order valence-corrected chi connectivity index (χ4v) is 3.03. The second-order valence-electron chi connectivity index (χ2n) is 5.69. The Morgan fingerprint density at radius 3 is 2.43 bits per heavy atom. The summed E-state index contributed by atoms with van der Waals surface area (Å²) in [7, 11) is 0. The van der Waals surface area contributed by atoms with Gasteiger partial charge in [0, 0.05) is 6.54 Å². The first-order chi connectivity index (χ1) is 10.2. The van der Waals surface area contributed by atoms with Crippen LogP contribution in [0.1, 0.15) is 18.4 Å². The summed E-state index contributed by atoms with van der Waals surface area (Å²) in [5.74, 6) is 0.571. The molecule has 21 heavy (non-hydrogen) atoms. The average molecular weight is 283 g/mol. The van der Waals surface area contributed by atoms with E-state index in [0.717, 1.165) is 29.7 Å². The van der Waals surface area contributed by atoms with Crippen molar-refractivity contribution in [2.75, 3.05) is 19.6 Å². The zero-order chi connectivity index (χ0) is 14.7. The summed E-state index contributed by atoms with van der Waals surface area (Å²) in [6.07, 6.45) is 3.50. The lowest BCUT2D eigenvalue weighted by atomic mass is 9.97. The zero-order valence-electron chi connectivity index (χ0n) is 12.1. The van der Waals surface area contributed by atoms with Crippen LogP contribution in [-0.4, -0.2) is 34.7 Å². The Morgan fingerprint density at radius 1 is 0.905 bits per heavy atom. The Bertz CT molecular complexity index is 618. The van der Waals surface area contributed by atoms with Gasteiger partial charge in [-0.2, -0.15) is 0 Å². The third-order valence-corrected chi connectivity index (χ3v) is 4.14. The molecule has 0 amide bonds. The highest BCUT2D eigenvalue weighted by Crippen LogP contribution is 2.29. The monoisotopic (exact) mass is 283 g/mol. The highest BCUT2D eigenvalue weighted by atomic mass is 16.3. The van der Waals surface area contributed by atoms with Gasteiger partial charge in [0.1, 0.15) is 11.5 Å². The van der Waals surface area contributed by atoms with Crippen LogP contribution in [0.2, 0.25) is 0 Å². The van der Waals surface area contributed by atoms with Crippen LogP contribution in [0, 0.1) is 0 Å². The van der Waals surface area contributed by atoms with E-state index in [0.29, 0.717) is 5.75 Å². The Morgan fingerprint density at radius 2 is 1.67 bits per heavy atom. The van der Waals surface area contributed by atoms with Gasteiger partial charge in [0.2, 0.25) is 0 Å². The van der Waals surface area contributed by atoms with E-state index in [1.165, 1.54) is 25.9 Å². The van der Waals surface area contributed by atoms with Crippen molar-refractivity contribution in [3.8, 4) is 22.6 Å². The van der Waals surface area contributed by atoms with E-state index in [4.69, 9.17) is 0 Å². The maximum atomic E-state index is 9.77. The molecule has 0 aromatic heterocycles. The largest absolute Gasteiger partial charge is 0.508 e. The summed E-state index contributed by atoms with van der Waals surface area (Å²) < 4.78 is 0. The first kappa shape index (κ1) is 14.0. The van der Waals surface area contributed by atoms with Gasteiger partial charge in [0.25, 0.3) is 0 Å². The van der Waals surface area contributed by atoms with Crippen molar-refractivity contribution in [2.24, 2.45) is 0 Å². The van der Waals surface area contributed by atoms with Gasteiger partial charge < -0.3 is 15.1 Å². The molecule has 3 nitrogen and oxygen atoms in total. The SMILES string of the molecule is Oc1cccc(-c2ccc(O)cc2CCN2CCCC2)c1. The van der Waals surface area contributed by atoms with Crippen molar-refractivity contribution < 1.29 is 10.2 Å². The number of hydrogen-bond acceptors (Lipinski definition) is 3. The standard InChI is InChI=1S/C18H21NO2/c20-16-5-3-4-14(12-16)18-7-6-17(21)13-15(18)8-11-19-9-1-2-10-19/h3-7,12-13,20-21H,1-2,8-11H2. The molecule has 110 valence electrons. The molecule has 0 aliphatic carbocycles. The molecule has 1 heterocycles. The molecule has 0 spiro atoms. The first-order valence-corrected chi connectivity index (χ1v) is 7.56. The van der Waals surface area contributed by atoms with Crippen LogP contribution in [0.4, 0.5) is 0 Å². The van der Waals surface area contributed by atoms with Gasteiger partial charge in [-0.1, -0.05) is 18.2 Å². The van der Waals surface area contributed by atoms with Crippen LogP contribution in [0.3, 0.4) is 0 Å². The molecule has 2 aromatic rings. The highest BCUT2D eigenvalue weighted by molar-refractivity contribution is 5.69. The van der Waals surface area contributed by atoms with Crippen molar-refractivity contribution in [1.82, 2.24) is 4.90 Å². The van der Waals surface area contributed by atoms with Crippen LogP contribution in [0.25, 0.3) is 11.1 Å². The van der Waals surface area contributed by atoms with E-state index in [1.54, 1.807) is 18.2 Å². The van der Waals surface area contributed by atoms with Gasteiger partial charge in [-0.3, -0.25) is 0 Å². The first-order valence-electron chi connectivity index (χ1n) is 7.56. The normalized spacial score (nSPS) is 15.4. The number of rotatable bonds is 4. The Kier molecular flexibility index (Phi) is 4.11. The van der Waals surface area contributed by atoms with Gasteiger partial charge in [0.15, 0.2) is 0 Å². The summed E-state index contributed by atoms with van der Waals surface area (Å²) in [4.78, 5) is 2.47. The van der Waals surface area contributed by atoms with Crippen LogP contribution in [0.15, 0.2) is 42.5 Å². The highest BCUT2D eigenvalue weighted by Gasteiger charge is 2.13. The predicted octanol–water partition coefficient (Wildman–Crippen LogP) is 3.40. The van der Waals surface area contributed by atoms with Gasteiger partial charge in [-0.25, -0.2) is 0 Å². The van der Waals surface area contributed by atoms with E-state index in [-0.39, 0.29) is 5.75 Å². The molecule has 1 aliphatic rings. The molecule has 2 N–H and O–H groups in total. The van der Waals surface area contributed by atoms with Crippen molar-refractivity contribution >= 4 is 0 Å². The fraction of sp³-hybridized carbons (Fsp3) is 0.333. The summed E-state index contributed by atoms with van der Waals surface area (Å²) in [5, 5.41) is 19.4. The quantitative estimate of drug-likeness (QED) is 0.904. The van der Waals surface area contributed by atoms with Gasteiger partial charge in [-0.05, 0) is 73.3 Å². The van der Waals surface area contributed by atoms with Crippen LogP contribution in [-0.2, 0) is 6.42 Å². The molecule has 1 saturated heterocycles. The molecule has 0 atom stereocenters. The van der Waals surface area contributed by atoms with Crippen LogP contribution < -0.4 is 0 Å². The second-order valence-corrected chi connectivity index (χ2v) is 5.69. The Balaban J connectivity index is 1.85. The van der Waals surface area contributed by atoms with Crippen molar-refractivity contribution in [1.29, 1.82) is 0 Å². The topological polar surface area (TPSA) is 43.7 Å². The fourth-order valence-electron chi connectivity index (χ4n) is 3.03. The number of phenols is 2. The smallest absolute Gasteiger partial charge is 0.116 e. The van der Waals surface area contributed by atoms with Crippen molar-refractivity contribution in [2.45, 2.75) is 19.3 Å². The molecule has 1 aliphatic heterocycles. The minimum absolute atomic E-state index is 0.270. The number of aromatic hydroxyl groups is 2.